The van der Waals surface area contributed by atoms with E-state index < -0.39 is 11.6 Å². The summed E-state index contributed by atoms with van der Waals surface area (Å²) in [7, 11) is 1.33. The molecule has 1 aromatic rings. The Balaban J connectivity index is 2.89. The molecular weight excluding hydrogens is 199 g/mol. The first-order valence-electron chi connectivity index (χ1n) is 4.51. The summed E-state index contributed by atoms with van der Waals surface area (Å²) in [6, 6.07) is 5.83. The SMILES string of the molecule is COC(C)(Cc1cccc(F)c1)C(=O)O. The van der Waals surface area contributed by atoms with Crippen molar-refractivity contribution < 1.29 is 19.0 Å². The number of hydrogen-bond donors (Lipinski definition) is 1. The van der Waals surface area contributed by atoms with E-state index in [1.54, 1.807) is 12.1 Å². The maximum absolute atomic E-state index is 12.9. The molecule has 0 amide bonds. The van der Waals surface area contributed by atoms with Crippen molar-refractivity contribution >= 4 is 5.97 Å². The van der Waals surface area contributed by atoms with Gasteiger partial charge in [-0.05, 0) is 24.6 Å². The Hall–Kier alpha value is -1.42. The first kappa shape index (κ1) is 11.7. The quantitative estimate of drug-likeness (QED) is 0.828. The monoisotopic (exact) mass is 212 g/mol. The van der Waals surface area contributed by atoms with Crippen molar-refractivity contribution in [3.63, 3.8) is 0 Å². The van der Waals surface area contributed by atoms with Crippen molar-refractivity contribution in [2.75, 3.05) is 7.11 Å². The second-order valence-corrected chi connectivity index (χ2v) is 3.55. The van der Waals surface area contributed by atoms with Crippen LogP contribution in [0.25, 0.3) is 0 Å². The van der Waals surface area contributed by atoms with Gasteiger partial charge < -0.3 is 9.84 Å². The molecular formula is C11H13FO3. The molecule has 1 N–H and O–H groups in total. The smallest absolute Gasteiger partial charge is 0.336 e. The van der Waals surface area contributed by atoms with Crippen LogP contribution in [0.4, 0.5) is 4.39 Å². The fourth-order valence-electron chi connectivity index (χ4n) is 1.27. The van der Waals surface area contributed by atoms with Crippen LogP contribution in [0, 0.1) is 5.82 Å². The summed E-state index contributed by atoms with van der Waals surface area (Å²) < 4.78 is 17.8. The molecule has 0 saturated carbocycles. The topological polar surface area (TPSA) is 46.5 Å². The number of aliphatic carboxylic acids is 1. The number of hydrogen-bond acceptors (Lipinski definition) is 2. The minimum atomic E-state index is -1.31. The molecule has 0 radical (unpaired) electrons. The average Bonchev–Trinajstić information content (AvgIpc) is 2.17. The lowest BCUT2D eigenvalue weighted by Gasteiger charge is -2.22. The zero-order chi connectivity index (χ0) is 11.5. The maximum atomic E-state index is 12.9. The lowest BCUT2D eigenvalue weighted by atomic mass is 9.96. The van der Waals surface area contributed by atoms with Crippen LogP contribution < -0.4 is 0 Å². The zero-order valence-electron chi connectivity index (χ0n) is 8.66. The number of rotatable bonds is 4. The summed E-state index contributed by atoms with van der Waals surface area (Å²) in [5, 5.41) is 8.94. The van der Waals surface area contributed by atoms with Gasteiger partial charge in [0.25, 0.3) is 0 Å². The lowest BCUT2D eigenvalue weighted by Crippen LogP contribution is -2.39. The fourth-order valence-corrected chi connectivity index (χ4v) is 1.27. The highest BCUT2D eigenvalue weighted by Crippen LogP contribution is 2.17. The van der Waals surface area contributed by atoms with Crippen LogP contribution in [-0.2, 0) is 16.0 Å². The summed E-state index contributed by atoms with van der Waals surface area (Å²) in [5.41, 5.74) is -0.713. The van der Waals surface area contributed by atoms with Gasteiger partial charge in [0.05, 0.1) is 0 Å². The Morgan fingerprint density at radius 2 is 2.27 bits per heavy atom. The van der Waals surface area contributed by atoms with Gasteiger partial charge in [-0.2, -0.15) is 0 Å². The molecule has 0 heterocycles. The van der Waals surface area contributed by atoms with Gasteiger partial charge in [0.15, 0.2) is 5.60 Å². The Labute approximate surface area is 87.5 Å². The van der Waals surface area contributed by atoms with Gasteiger partial charge >= 0.3 is 5.97 Å². The van der Waals surface area contributed by atoms with Gasteiger partial charge in [-0.3, -0.25) is 0 Å². The van der Waals surface area contributed by atoms with Crippen LogP contribution in [0.2, 0.25) is 0 Å². The highest BCUT2D eigenvalue weighted by Gasteiger charge is 2.33. The van der Waals surface area contributed by atoms with E-state index in [0.29, 0.717) is 5.56 Å². The number of carbonyl (C=O) groups is 1. The molecule has 0 aliphatic carbocycles. The van der Waals surface area contributed by atoms with Crippen LogP contribution in [0.5, 0.6) is 0 Å². The number of benzene rings is 1. The maximum Gasteiger partial charge on any atom is 0.336 e. The predicted molar refractivity (Wildman–Crippen MR) is 53.2 cm³/mol. The third-order valence-electron chi connectivity index (χ3n) is 2.33. The molecule has 1 rings (SSSR count). The minimum absolute atomic E-state index is 0.136. The number of halogens is 1. The molecule has 0 saturated heterocycles. The van der Waals surface area contributed by atoms with Gasteiger partial charge in [0.2, 0.25) is 0 Å². The Kier molecular flexibility index (Phi) is 3.42. The molecule has 0 spiro atoms. The zero-order valence-corrected chi connectivity index (χ0v) is 8.66. The molecule has 82 valence electrons. The molecule has 0 aliphatic rings. The van der Waals surface area contributed by atoms with Gasteiger partial charge in [-0.25, -0.2) is 9.18 Å². The first-order valence-corrected chi connectivity index (χ1v) is 4.51. The number of carboxylic acid groups (broad SMARTS) is 1. The van der Waals surface area contributed by atoms with Crippen LogP contribution in [-0.4, -0.2) is 23.8 Å². The summed E-state index contributed by atoms with van der Waals surface area (Å²) in [6.45, 7) is 1.46. The van der Waals surface area contributed by atoms with Gasteiger partial charge in [0.1, 0.15) is 5.82 Å². The average molecular weight is 212 g/mol. The molecule has 1 unspecified atom stereocenters. The molecule has 3 nitrogen and oxygen atoms in total. The van der Waals surface area contributed by atoms with Crippen molar-refractivity contribution in [3.8, 4) is 0 Å². The van der Waals surface area contributed by atoms with E-state index >= 15 is 0 Å². The molecule has 15 heavy (non-hydrogen) atoms. The van der Waals surface area contributed by atoms with Crippen molar-refractivity contribution in [2.45, 2.75) is 18.9 Å². The highest BCUT2D eigenvalue weighted by molar-refractivity contribution is 5.77. The predicted octanol–water partition coefficient (Wildman–Crippen LogP) is 1.86. The highest BCUT2D eigenvalue weighted by atomic mass is 19.1. The van der Waals surface area contributed by atoms with Crippen molar-refractivity contribution in [1.82, 2.24) is 0 Å². The Morgan fingerprint density at radius 1 is 1.60 bits per heavy atom. The number of carboxylic acids is 1. The van der Waals surface area contributed by atoms with Crippen molar-refractivity contribution in [2.24, 2.45) is 0 Å². The molecule has 1 aromatic carbocycles. The Bertz CT molecular complexity index is 365. The summed E-state index contributed by atoms with van der Waals surface area (Å²) in [4.78, 5) is 10.9. The van der Waals surface area contributed by atoms with Gasteiger partial charge in [-0.15, -0.1) is 0 Å². The molecule has 4 heteroatoms. The minimum Gasteiger partial charge on any atom is -0.479 e. The van der Waals surface area contributed by atoms with Crippen LogP contribution >= 0.6 is 0 Å². The van der Waals surface area contributed by atoms with Crippen LogP contribution in [0.1, 0.15) is 12.5 Å². The van der Waals surface area contributed by atoms with E-state index in [9.17, 15) is 9.18 Å². The normalized spacial score (nSPS) is 14.6. The fraction of sp³-hybridized carbons (Fsp3) is 0.364. The van der Waals surface area contributed by atoms with Gasteiger partial charge in [0, 0.05) is 13.5 Å². The largest absolute Gasteiger partial charge is 0.479 e. The van der Waals surface area contributed by atoms with E-state index in [0.717, 1.165) is 0 Å². The second-order valence-electron chi connectivity index (χ2n) is 3.55. The summed E-state index contributed by atoms with van der Waals surface area (Å²) in [5.74, 6) is -1.44. The standard InChI is InChI=1S/C11H13FO3/c1-11(15-2,10(13)14)7-8-4-3-5-9(12)6-8/h3-6H,7H2,1-2H3,(H,13,14). The molecule has 0 fully saturated rings. The van der Waals surface area contributed by atoms with E-state index in [2.05, 4.69) is 0 Å². The van der Waals surface area contributed by atoms with Crippen LogP contribution in [0.15, 0.2) is 24.3 Å². The second kappa shape index (κ2) is 4.40. The van der Waals surface area contributed by atoms with Gasteiger partial charge in [-0.1, -0.05) is 12.1 Å². The molecule has 0 bridgehead atoms. The van der Waals surface area contributed by atoms with Crippen molar-refractivity contribution in [3.05, 3.63) is 35.6 Å². The first-order chi connectivity index (χ1) is 6.98. The van der Waals surface area contributed by atoms with E-state index in [4.69, 9.17) is 9.84 Å². The van der Waals surface area contributed by atoms with E-state index in [-0.39, 0.29) is 12.2 Å². The molecule has 0 aliphatic heterocycles. The van der Waals surface area contributed by atoms with E-state index in [1.165, 1.54) is 26.2 Å². The lowest BCUT2D eigenvalue weighted by molar-refractivity contribution is -0.159. The van der Waals surface area contributed by atoms with Crippen molar-refractivity contribution in [1.29, 1.82) is 0 Å². The molecule has 0 aromatic heterocycles. The number of methoxy groups -OCH3 is 1. The summed E-state index contributed by atoms with van der Waals surface area (Å²) >= 11 is 0. The Morgan fingerprint density at radius 3 is 2.73 bits per heavy atom. The number of ether oxygens (including phenoxy) is 1. The van der Waals surface area contributed by atoms with Crippen LogP contribution in [0.3, 0.4) is 0 Å². The third-order valence-corrected chi connectivity index (χ3v) is 2.33. The molecule has 1 atom stereocenters. The summed E-state index contributed by atoms with van der Waals surface area (Å²) in [6.07, 6.45) is 0.136. The van der Waals surface area contributed by atoms with E-state index in [1.807, 2.05) is 0 Å². The third kappa shape index (κ3) is 2.76.